The summed E-state index contributed by atoms with van der Waals surface area (Å²) in [6, 6.07) is 0. The van der Waals surface area contributed by atoms with Crippen molar-refractivity contribution in [3.63, 3.8) is 0 Å². The number of hydrogen-bond donors (Lipinski definition) is 1. The maximum absolute atomic E-state index is 10.9. The highest BCUT2D eigenvalue weighted by molar-refractivity contribution is 7.89. The molecule has 0 fully saturated rings. The van der Waals surface area contributed by atoms with Gasteiger partial charge in [-0.3, -0.25) is 4.68 Å². The summed E-state index contributed by atoms with van der Waals surface area (Å²) >= 11 is 0. The van der Waals surface area contributed by atoms with E-state index in [-0.39, 0.29) is 5.75 Å². The molecule has 0 atom stereocenters. The molecule has 0 aliphatic carbocycles. The summed E-state index contributed by atoms with van der Waals surface area (Å²) in [6.45, 7) is 0. The maximum atomic E-state index is 10.9. The van der Waals surface area contributed by atoms with Crippen LogP contribution in [0.5, 0.6) is 0 Å². The number of hydrogen-bond acceptors (Lipinski definition) is 4. The van der Waals surface area contributed by atoms with Crippen LogP contribution < -0.4 is 5.73 Å². The Morgan fingerprint density at radius 3 is 2.58 bits per heavy atom. The molecule has 12 heavy (non-hydrogen) atoms. The third-order valence-corrected chi connectivity index (χ3v) is 2.29. The van der Waals surface area contributed by atoms with Crippen LogP contribution in [0, 0.1) is 0 Å². The van der Waals surface area contributed by atoms with Gasteiger partial charge in [-0.25, -0.2) is 8.42 Å². The number of aromatic nitrogens is 2. The third kappa shape index (κ3) is 1.97. The molecule has 1 aromatic heterocycles. The van der Waals surface area contributed by atoms with Crippen LogP contribution in [0.4, 0.5) is 5.69 Å². The molecule has 1 heterocycles. The largest absolute Gasteiger partial charge is 0.396 e. The van der Waals surface area contributed by atoms with E-state index in [1.807, 2.05) is 0 Å². The van der Waals surface area contributed by atoms with Gasteiger partial charge in [-0.05, 0) is 0 Å². The Morgan fingerprint density at radius 2 is 2.25 bits per heavy atom. The normalized spacial score (nSPS) is 11.8. The van der Waals surface area contributed by atoms with Crippen molar-refractivity contribution in [3.05, 3.63) is 11.9 Å². The van der Waals surface area contributed by atoms with Crippen LogP contribution in [-0.4, -0.2) is 24.5 Å². The van der Waals surface area contributed by atoms with Crippen LogP contribution in [-0.2, 0) is 22.6 Å². The fourth-order valence-electron chi connectivity index (χ4n) is 0.905. The topological polar surface area (TPSA) is 78.0 Å². The van der Waals surface area contributed by atoms with Crippen molar-refractivity contribution < 1.29 is 8.42 Å². The van der Waals surface area contributed by atoms with Crippen LogP contribution in [0.15, 0.2) is 6.20 Å². The Morgan fingerprint density at radius 1 is 1.67 bits per heavy atom. The zero-order chi connectivity index (χ0) is 9.35. The van der Waals surface area contributed by atoms with Gasteiger partial charge >= 0.3 is 0 Å². The summed E-state index contributed by atoms with van der Waals surface area (Å²) in [7, 11) is -1.37. The van der Waals surface area contributed by atoms with Crippen LogP contribution in [0.2, 0.25) is 0 Å². The van der Waals surface area contributed by atoms with Crippen molar-refractivity contribution in [2.75, 3.05) is 12.0 Å². The molecule has 0 aliphatic heterocycles. The molecule has 0 aliphatic rings. The number of nitrogens with two attached hydrogens (primary N) is 1. The average molecular weight is 189 g/mol. The van der Waals surface area contributed by atoms with Crippen molar-refractivity contribution in [2.45, 2.75) is 5.75 Å². The van der Waals surface area contributed by atoms with Gasteiger partial charge in [-0.2, -0.15) is 5.10 Å². The predicted octanol–water partition coefficient (Wildman–Crippen LogP) is -0.453. The van der Waals surface area contributed by atoms with Crippen molar-refractivity contribution in [3.8, 4) is 0 Å². The summed E-state index contributed by atoms with van der Waals surface area (Å²) in [6.07, 6.45) is 2.61. The number of rotatable bonds is 2. The first kappa shape index (κ1) is 9.05. The minimum Gasteiger partial charge on any atom is -0.396 e. The van der Waals surface area contributed by atoms with E-state index in [1.54, 1.807) is 7.05 Å². The number of aryl methyl sites for hydroxylation is 1. The molecule has 0 saturated heterocycles. The van der Waals surface area contributed by atoms with Gasteiger partial charge in [-0.1, -0.05) is 0 Å². The van der Waals surface area contributed by atoms with Gasteiger partial charge in [0.15, 0.2) is 9.84 Å². The first-order chi connectivity index (χ1) is 5.40. The molecule has 0 radical (unpaired) electrons. The summed E-state index contributed by atoms with van der Waals surface area (Å²) in [4.78, 5) is 0. The number of sulfone groups is 1. The van der Waals surface area contributed by atoms with E-state index in [1.165, 1.54) is 17.1 Å². The minimum atomic E-state index is -3.03. The van der Waals surface area contributed by atoms with Gasteiger partial charge in [0, 0.05) is 13.3 Å². The lowest BCUT2D eigenvalue weighted by Crippen LogP contribution is -2.08. The SMILES string of the molecule is Cn1ncc(N)c1CS(C)(=O)=O. The number of nitrogen functional groups attached to an aromatic ring is 1. The van der Waals surface area contributed by atoms with Gasteiger partial charge in [0.25, 0.3) is 0 Å². The van der Waals surface area contributed by atoms with E-state index in [2.05, 4.69) is 5.10 Å². The molecular formula is C6H11N3O2S. The summed E-state index contributed by atoms with van der Waals surface area (Å²) in [5.41, 5.74) is 6.46. The molecule has 0 spiro atoms. The third-order valence-electron chi connectivity index (χ3n) is 1.49. The molecule has 1 aromatic rings. The lowest BCUT2D eigenvalue weighted by Gasteiger charge is -2.00. The molecule has 2 N–H and O–H groups in total. The van der Waals surface area contributed by atoms with Crippen LogP contribution in [0.25, 0.3) is 0 Å². The van der Waals surface area contributed by atoms with Gasteiger partial charge in [-0.15, -0.1) is 0 Å². The molecule has 68 valence electrons. The Kier molecular flexibility index (Phi) is 2.10. The molecule has 0 saturated carbocycles. The summed E-state index contributed by atoms with van der Waals surface area (Å²) < 4.78 is 23.3. The van der Waals surface area contributed by atoms with Crippen LogP contribution in [0.1, 0.15) is 5.69 Å². The van der Waals surface area contributed by atoms with E-state index in [9.17, 15) is 8.42 Å². The molecule has 0 amide bonds. The Balaban J connectivity index is 3.04. The van der Waals surface area contributed by atoms with Gasteiger partial charge in [0.05, 0.1) is 23.3 Å². The second kappa shape index (κ2) is 2.78. The van der Waals surface area contributed by atoms with Gasteiger partial charge in [0.1, 0.15) is 0 Å². The van der Waals surface area contributed by atoms with Crippen molar-refractivity contribution in [1.29, 1.82) is 0 Å². The van der Waals surface area contributed by atoms with Gasteiger partial charge in [0.2, 0.25) is 0 Å². The monoisotopic (exact) mass is 189 g/mol. The smallest absolute Gasteiger partial charge is 0.153 e. The van der Waals surface area contributed by atoms with Gasteiger partial charge < -0.3 is 5.73 Å². The Labute approximate surface area is 71.1 Å². The molecule has 6 heteroatoms. The van der Waals surface area contributed by atoms with E-state index < -0.39 is 9.84 Å². The summed E-state index contributed by atoms with van der Waals surface area (Å²) in [5, 5.41) is 3.83. The average Bonchev–Trinajstić information content (AvgIpc) is 2.16. The lowest BCUT2D eigenvalue weighted by molar-refractivity contribution is 0.597. The highest BCUT2D eigenvalue weighted by atomic mass is 32.2. The second-order valence-corrected chi connectivity index (χ2v) is 4.88. The Hall–Kier alpha value is -1.04. The van der Waals surface area contributed by atoms with Crippen molar-refractivity contribution >= 4 is 15.5 Å². The molecule has 1 rings (SSSR count). The Bertz CT molecular complexity index is 360. The highest BCUT2D eigenvalue weighted by Gasteiger charge is 2.11. The first-order valence-electron chi connectivity index (χ1n) is 3.34. The molecule has 5 nitrogen and oxygen atoms in total. The lowest BCUT2D eigenvalue weighted by atomic mass is 10.4. The number of anilines is 1. The second-order valence-electron chi connectivity index (χ2n) is 2.74. The minimum absolute atomic E-state index is 0.0602. The van der Waals surface area contributed by atoms with Crippen LogP contribution >= 0.6 is 0 Å². The fraction of sp³-hybridized carbons (Fsp3) is 0.500. The maximum Gasteiger partial charge on any atom is 0.153 e. The first-order valence-corrected chi connectivity index (χ1v) is 5.40. The molecular weight excluding hydrogens is 178 g/mol. The number of nitrogens with zero attached hydrogens (tertiary/aromatic N) is 2. The van der Waals surface area contributed by atoms with Crippen molar-refractivity contribution in [2.24, 2.45) is 7.05 Å². The molecule has 0 unspecified atom stereocenters. The zero-order valence-corrected chi connectivity index (χ0v) is 7.80. The molecule has 0 bridgehead atoms. The molecule has 0 aromatic carbocycles. The standard InChI is InChI=1S/C6H11N3O2S/c1-9-6(4-12(2,10)11)5(7)3-8-9/h3H,4,7H2,1-2H3. The quantitative estimate of drug-likeness (QED) is 0.683. The fourth-order valence-corrected chi connectivity index (χ4v) is 1.76. The highest BCUT2D eigenvalue weighted by Crippen LogP contribution is 2.11. The van der Waals surface area contributed by atoms with E-state index >= 15 is 0 Å². The van der Waals surface area contributed by atoms with E-state index in [0.29, 0.717) is 11.4 Å². The predicted molar refractivity (Wildman–Crippen MR) is 46.2 cm³/mol. The zero-order valence-electron chi connectivity index (χ0n) is 6.98. The van der Waals surface area contributed by atoms with E-state index in [4.69, 9.17) is 5.73 Å². The van der Waals surface area contributed by atoms with E-state index in [0.717, 1.165) is 0 Å². The van der Waals surface area contributed by atoms with Crippen LogP contribution in [0.3, 0.4) is 0 Å². The summed E-state index contributed by atoms with van der Waals surface area (Å²) in [5.74, 6) is -0.0602. The van der Waals surface area contributed by atoms with Crippen molar-refractivity contribution in [1.82, 2.24) is 9.78 Å².